The Kier molecular flexibility index (Phi) is 4.90. The Morgan fingerprint density at radius 2 is 1.70 bits per heavy atom. The summed E-state index contributed by atoms with van der Waals surface area (Å²) in [7, 11) is 0. The molecule has 116 valence electrons. The predicted octanol–water partition coefficient (Wildman–Crippen LogP) is 2.73. The van der Waals surface area contributed by atoms with Gasteiger partial charge in [0.05, 0.1) is 6.42 Å². The first-order valence-corrected chi connectivity index (χ1v) is 7.91. The number of rotatable bonds is 6. The van der Waals surface area contributed by atoms with Crippen LogP contribution in [-0.4, -0.2) is 21.1 Å². The molecular weight excluding hydrogens is 310 g/mol. The number of benzene rings is 1. The van der Waals surface area contributed by atoms with Crippen LogP contribution in [0, 0.1) is 0 Å². The maximum atomic E-state index is 12.0. The second-order valence-corrected chi connectivity index (χ2v) is 5.81. The van der Waals surface area contributed by atoms with Crippen molar-refractivity contribution in [1.29, 1.82) is 0 Å². The number of nitrogens with zero attached hydrogens (tertiary/aromatic N) is 3. The number of carbonyl (C=O) groups is 1. The first kappa shape index (κ1) is 15.1. The van der Waals surface area contributed by atoms with Gasteiger partial charge in [-0.3, -0.25) is 9.78 Å². The van der Waals surface area contributed by atoms with Gasteiger partial charge in [0, 0.05) is 18.9 Å². The lowest BCUT2D eigenvalue weighted by molar-refractivity contribution is -0.115. The number of pyridine rings is 1. The van der Waals surface area contributed by atoms with E-state index in [4.69, 9.17) is 0 Å². The molecule has 0 saturated carbocycles. The number of hydrogen-bond donors (Lipinski definition) is 2. The van der Waals surface area contributed by atoms with Crippen LogP contribution in [0.15, 0.2) is 54.9 Å². The first-order chi connectivity index (χ1) is 11.3. The van der Waals surface area contributed by atoms with Crippen molar-refractivity contribution < 1.29 is 4.79 Å². The second kappa shape index (κ2) is 7.46. The number of amides is 1. The van der Waals surface area contributed by atoms with E-state index in [0.29, 0.717) is 23.2 Å². The zero-order valence-electron chi connectivity index (χ0n) is 12.3. The molecule has 0 aliphatic rings. The third-order valence-corrected chi connectivity index (χ3v) is 3.87. The van der Waals surface area contributed by atoms with Crippen molar-refractivity contribution in [3.63, 3.8) is 0 Å². The topological polar surface area (TPSA) is 79.8 Å². The van der Waals surface area contributed by atoms with Crippen LogP contribution in [0.4, 0.5) is 10.3 Å². The summed E-state index contributed by atoms with van der Waals surface area (Å²) in [6, 6.07) is 13.4. The lowest BCUT2D eigenvalue weighted by Gasteiger charge is -2.01. The van der Waals surface area contributed by atoms with E-state index < -0.39 is 0 Å². The SMILES string of the molecule is O=C(Cc1ccccc1)Nc1nnc(NCc2ccncc2)s1. The third-order valence-electron chi connectivity index (χ3n) is 3.07. The third kappa shape index (κ3) is 4.58. The van der Waals surface area contributed by atoms with E-state index >= 15 is 0 Å². The number of hydrogen-bond acceptors (Lipinski definition) is 6. The largest absolute Gasteiger partial charge is 0.356 e. The van der Waals surface area contributed by atoms with Crippen LogP contribution in [0.2, 0.25) is 0 Å². The zero-order chi connectivity index (χ0) is 15.9. The van der Waals surface area contributed by atoms with Gasteiger partial charge in [0.1, 0.15) is 0 Å². The summed E-state index contributed by atoms with van der Waals surface area (Å²) in [6.45, 7) is 0.634. The van der Waals surface area contributed by atoms with Crippen molar-refractivity contribution in [2.24, 2.45) is 0 Å². The van der Waals surface area contributed by atoms with Gasteiger partial charge in [0.15, 0.2) is 0 Å². The highest BCUT2D eigenvalue weighted by molar-refractivity contribution is 7.19. The van der Waals surface area contributed by atoms with Gasteiger partial charge < -0.3 is 10.6 Å². The monoisotopic (exact) mass is 325 g/mol. The Morgan fingerprint density at radius 1 is 0.957 bits per heavy atom. The first-order valence-electron chi connectivity index (χ1n) is 7.09. The van der Waals surface area contributed by atoms with Crippen LogP contribution < -0.4 is 10.6 Å². The zero-order valence-corrected chi connectivity index (χ0v) is 13.1. The molecule has 0 bridgehead atoms. The predicted molar refractivity (Wildman–Crippen MR) is 90.2 cm³/mol. The van der Waals surface area contributed by atoms with E-state index in [1.165, 1.54) is 11.3 Å². The number of aromatic nitrogens is 3. The fourth-order valence-electron chi connectivity index (χ4n) is 1.97. The maximum Gasteiger partial charge on any atom is 0.230 e. The number of nitrogens with one attached hydrogen (secondary N) is 2. The van der Waals surface area contributed by atoms with Gasteiger partial charge >= 0.3 is 0 Å². The van der Waals surface area contributed by atoms with Gasteiger partial charge in [-0.05, 0) is 23.3 Å². The van der Waals surface area contributed by atoms with Crippen LogP contribution in [0.5, 0.6) is 0 Å². The molecule has 6 nitrogen and oxygen atoms in total. The molecule has 0 saturated heterocycles. The van der Waals surface area contributed by atoms with Crippen LogP contribution in [0.25, 0.3) is 0 Å². The average Bonchev–Trinajstić information content (AvgIpc) is 3.02. The molecule has 2 aromatic heterocycles. The smallest absolute Gasteiger partial charge is 0.230 e. The molecule has 0 aliphatic carbocycles. The van der Waals surface area contributed by atoms with Crippen molar-refractivity contribution >= 4 is 27.5 Å². The van der Waals surface area contributed by atoms with E-state index in [0.717, 1.165) is 11.1 Å². The van der Waals surface area contributed by atoms with E-state index in [9.17, 15) is 4.79 Å². The molecular formula is C16H15N5OS. The molecule has 3 rings (SSSR count). The van der Waals surface area contributed by atoms with Crippen molar-refractivity contribution in [3.05, 3.63) is 66.0 Å². The fraction of sp³-hybridized carbons (Fsp3) is 0.125. The van der Waals surface area contributed by atoms with Crippen molar-refractivity contribution in [3.8, 4) is 0 Å². The average molecular weight is 325 g/mol. The summed E-state index contributed by atoms with van der Waals surface area (Å²) in [5.41, 5.74) is 2.07. The van der Waals surface area contributed by atoms with E-state index in [-0.39, 0.29) is 5.91 Å². The molecule has 2 N–H and O–H groups in total. The molecule has 0 radical (unpaired) electrons. The fourth-order valence-corrected chi connectivity index (χ4v) is 2.62. The standard InChI is InChI=1S/C16H15N5OS/c22-14(10-12-4-2-1-3-5-12)19-16-21-20-15(23-16)18-11-13-6-8-17-9-7-13/h1-9H,10-11H2,(H,18,20)(H,19,21,22). The summed E-state index contributed by atoms with van der Waals surface area (Å²) in [5, 5.41) is 15.1. The second-order valence-electron chi connectivity index (χ2n) is 4.83. The Balaban J connectivity index is 1.52. The Labute approximate surface area is 137 Å². The molecule has 1 aromatic carbocycles. The quantitative estimate of drug-likeness (QED) is 0.728. The molecule has 1 amide bonds. The summed E-state index contributed by atoms with van der Waals surface area (Å²) in [4.78, 5) is 15.9. The molecule has 0 spiro atoms. The molecule has 2 heterocycles. The highest BCUT2D eigenvalue weighted by Crippen LogP contribution is 2.20. The van der Waals surface area contributed by atoms with E-state index in [2.05, 4.69) is 25.8 Å². The van der Waals surface area contributed by atoms with Crippen molar-refractivity contribution in [2.75, 3.05) is 10.6 Å². The normalized spacial score (nSPS) is 10.3. The lowest BCUT2D eigenvalue weighted by Crippen LogP contribution is -2.14. The summed E-state index contributed by atoms with van der Waals surface area (Å²) in [6.07, 6.45) is 3.80. The van der Waals surface area contributed by atoms with E-state index in [1.54, 1.807) is 12.4 Å². The Morgan fingerprint density at radius 3 is 2.48 bits per heavy atom. The number of carbonyl (C=O) groups excluding carboxylic acids is 1. The van der Waals surface area contributed by atoms with Crippen molar-refractivity contribution in [1.82, 2.24) is 15.2 Å². The minimum Gasteiger partial charge on any atom is -0.356 e. The van der Waals surface area contributed by atoms with Crippen LogP contribution >= 0.6 is 11.3 Å². The van der Waals surface area contributed by atoms with Gasteiger partial charge in [0.2, 0.25) is 16.2 Å². The lowest BCUT2D eigenvalue weighted by atomic mass is 10.1. The highest BCUT2D eigenvalue weighted by atomic mass is 32.1. The van der Waals surface area contributed by atoms with Gasteiger partial charge in [-0.25, -0.2) is 0 Å². The van der Waals surface area contributed by atoms with Gasteiger partial charge in [-0.2, -0.15) is 0 Å². The molecule has 0 fully saturated rings. The molecule has 0 unspecified atom stereocenters. The van der Waals surface area contributed by atoms with Crippen LogP contribution in [0.1, 0.15) is 11.1 Å². The number of anilines is 2. The molecule has 0 aliphatic heterocycles. The molecule has 3 aromatic rings. The molecule has 0 atom stereocenters. The minimum atomic E-state index is -0.104. The van der Waals surface area contributed by atoms with Crippen molar-refractivity contribution in [2.45, 2.75) is 13.0 Å². The highest BCUT2D eigenvalue weighted by Gasteiger charge is 2.08. The summed E-state index contributed by atoms with van der Waals surface area (Å²) < 4.78 is 0. The summed E-state index contributed by atoms with van der Waals surface area (Å²) >= 11 is 1.31. The molecule has 23 heavy (non-hydrogen) atoms. The Bertz CT molecular complexity index is 760. The Hall–Kier alpha value is -2.80. The molecule has 7 heteroatoms. The minimum absolute atomic E-state index is 0.104. The summed E-state index contributed by atoms with van der Waals surface area (Å²) in [5.74, 6) is -0.104. The van der Waals surface area contributed by atoms with Gasteiger partial charge in [0.25, 0.3) is 0 Å². The van der Waals surface area contributed by atoms with Crippen LogP contribution in [0.3, 0.4) is 0 Å². The van der Waals surface area contributed by atoms with Gasteiger partial charge in [-0.1, -0.05) is 41.7 Å². The van der Waals surface area contributed by atoms with E-state index in [1.807, 2.05) is 42.5 Å². The van der Waals surface area contributed by atoms with Gasteiger partial charge in [-0.15, -0.1) is 10.2 Å². The maximum absolute atomic E-state index is 12.0. The van der Waals surface area contributed by atoms with Crippen LogP contribution in [-0.2, 0) is 17.8 Å².